The molecule has 2 rings (SSSR count). The molecule has 2 aromatic heterocycles. The van der Waals surface area contributed by atoms with E-state index in [-0.39, 0.29) is 6.54 Å². The Balaban J connectivity index is 2.09. The van der Waals surface area contributed by atoms with Crippen LogP contribution in [0.3, 0.4) is 0 Å². The summed E-state index contributed by atoms with van der Waals surface area (Å²) in [6, 6.07) is 3.39. The predicted octanol–water partition coefficient (Wildman–Crippen LogP) is 1.43. The Bertz CT molecular complexity index is 683. The van der Waals surface area contributed by atoms with E-state index in [9.17, 15) is 8.42 Å². The zero-order valence-corrected chi connectivity index (χ0v) is 13.6. The molecule has 0 spiro atoms. The lowest BCUT2D eigenvalue weighted by molar-refractivity contribution is 0.582. The summed E-state index contributed by atoms with van der Waals surface area (Å²) in [5.41, 5.74) is 1.62. The van der Waals surface area contributed by atoms with Crippen LogP contribution in [0.2, 0.25) is 0 Å². The number of aryl methyl sites for hydroxylation is 1. The van der Waals surface area contributed by atoms with E-state index in [1.165, 1.54) is 17.7 Å². The number of rotatable bonds is 7. The molecule has 2 N–H and O–H groups in total. The summed E-state index contributed by atoms with van der Waals surface area (Å²) >= 11 is 1.30. The number of nitrogens with one attached hydrogen (secondary N) is 2. The van der Waals surface area contributed by atoms with Crippen LogP contribution in [-0.4, -0.2) is 24.9 Å². The van der Waals surface area contributed by atoms with Crippen LogP contribution >= 0.6 is 11.3 Å². The van der Waals surface area contributed by atoms with Crippen LogP contribution in [0, 0.1) is 6.92 Å². The summed E-state index contributed by atoms with van der Waals surface area (Å²) in [7, 11) is -3.50. The van der Waals surface area contributed by atoms with Gasteiger partial charge in [0.15, 0.2) is 0 Å². The van der Waals surface area contributed by atoms with E-state index in [1.807, 2.05) is 13.8 Å². The highest BCUT2D eigenvalue weighted by Crippen LogP contribution is 2.25. The summed E-state index contributed by atoms with van der Waals surface area (Å²) < 4.78 is 27.5. The lowest BCUT2D eigenvalue weighted by atomic mass is 10.3. The van der Waals surface area contributed by atoms with Gasteiger partial charge < -0.3 is 5.32 Å². The smallest absolute Gasteiger partial charge is 0.250 e. The second kappa shape index (κ2) is 7.08. The summed E-state index contributed by atoms with van der Waals surface area (Å²) in [6.45, 7) is 5.64. The first-order valence-corrected chi connectivity index (χ1v) is 8.87. The van der Waals surface area contributed by atoms with Gasteiger partial charge in [-0.15, -0.1) is 11.3 Å². The summed E-state index contributed by atoms with van der Waals surface area (Å²) in [5, 5.41) is 3.21. The molecule has 0 bridgehead atoms. The number of hydrogen-bond donors (Lipinski definition) is 2. The highest BCUT2D eigenvalue weighted by molar-refractivity contribution is 7.91. The first-order valence-electron chi connectivity index (χ1n) is 6.57. The second-order valence-electron chi connectivity index (χ2n) is 4.48. The molecule has 0 atom stereocenters. The molecule has 114 valence electrons. The minimum absolute atomic E-state index is 0.157. The number of thiophene rings is 1. The molecule has 0 aliphatic rings. The van der Waals surface area contributed by atoms with Crippen LogP contribution in [0.4, 0.5) is 0 Å². The predicted molar refractivity (Wildman–Crippen MR) is 82.5 cm³/mol. The molecule has 0 aliphatic carbocycles. The molecule has 0 saturated carbocycles. The van der Waals surface area contributed by atoms with Crippen LogP contribution in [-0.2, 0) is 23.1 Å². The van der Waals surface area contributed by atoms with Crippen molar-refractivity contribution in [3.05, 3.63) is 40.8 Å². The van der Waals surface area contributed by atoms with Crippen molar-refractivity contribution in [2.75, 3.05) is 6.54 Å². The van der Waals surface area contributed by atoms with Gasteiger partial charge in [-0.25, -0.2) is 23.1 Å². The largest absolute Gasteiger partial charge is 0.312 e. The zero-order valence-electron chi connectivity index (χ0n) is 12.0. The van der Waals surface area contributed by atoms with Crippen LogP contribution in [0.5, 0.6) is 0 Å². The van der Waals surface area contributed by atoms with Gasteiger partial charge in [0.2, 0.25) is 10.0 Å². The third kappa shape index (κ3) is 4.31. The first-order chi connectivity index (χ1) is 10.0. The van der Waals surface area contributed by atoms with Crippen molar-refractivity contribution in [1.82, 2.24) is 20.0 Å². The van der Waals surface area contributed by atoms with Gasteiger partial charge >= 0.3 is 0 Å². The monoisotopic (exact) mass is 326 g/mol. The van der Waals surface area contributed by atoms with Crippen molar-refractivity contribution in [1.29, 1.82) is 0 Å². The molecule has 0 aliphatic heterocycles. The van der Waals surface area contributed by atoms with E-state index in [0.29, 0.717) is 16.4 Å². The van der Waals surface area contributed by atoms with Gasteiger partial charge in [-0.2, -0.15) is 0 Å². The standard InChI is InChI=1S/C13H18N4O2S2/c1-3-14-8-12-10(2)6-13(20-12)21(18,19)17-7-11-4-5-15-9-16-11/h4-6,9,14,17H,3,7-8H2,1-2H3. The minimum atomic E-state index is -3.50. The molecule has 21 heavy (non-hydrogen) atoms. The molecule has 6 nitrogen and oxygen atoms in total. The lowest BCUT2D eigenvalue weighted by Crippen LogP contribution is -2.22. The Kier molecular flexibility index (Phi) is 5.40. The van der Waals surface area contributed by atoms with Gasteiger partial charge in [-0.05, 0) is 31.2 Å². The zero-order chi connectivity index (χ0) is 15.3. The Morgan fingerprint density at radius 1 is 1.33 bits per heavy atom. The molecular formula is C13H18N4O2S2. The second-order valence-corrected chi connectivity index (χ2v) is 7.61. The average Bonchev–Trinajstić information content (AvgIpc) is 2.86. The van der Waals surface area contributed by atoms with Gasteiger partial charge in [0.1, 0.15) is 10.5 Å². The Labute approximate surface area is 128 Å². The fourth-order valence-electron chi connectivity index (χ4n) is 1.70. The van der Waals surface area contributed by atoms with Crippen molar-refractivity contribution in [3.63, 3.8) is 0 Å². The Hall–Kier alpha value is -1.35. The summed E-state index contributed by atoms with van der Waals surface area (Å²) in [5.74, 6) is 0. The van der Waals surface area contributed by atoms with Gasteiger partial charge in [0.05, 0.1) is 12.2 Å². The number of aromatic nitrogens is 2. The highest BCUT2D eigenvalue weighted by atomic mass is 32.2. The maximum atomic E-state index is 12.3. The third-order valence-electron chi connectivity index (χ3n) is 2.88. The van der Waals surface area contributed by atoms with Gasteiger partial charge in [0.25, 0.3) is 0 Å². The van der Waals surface area contributed by atoms with E-state index in [1.54, 1.807) is 18.3 Å². The van der Waals surface area contributed by atoms with Crippen molar-refractivity contribution in [2.24, 2.45) is 0 Å². The Morgan fingerprint density at radius 3 is 2.81 bits per heavy atom. The molecule has 8 heteroatoms. The van der Waals surface area contributed by atoms with Gasteiger partial charge in [-0.1, -0.05) is 6.92 Å². The topological polar surface area (TPSA) is 84.0 Å². The van der Waals surface area contributed by atoms with Gasteiger partial charge in [0, 0.05) is 17.6 Å². The molecule has 0 amide bonds. The summed E-state index contributed by atoms with van der Waals surface area (Å²) in [6.07, 6.45) is 2.98. The first kappa shape index (κ1) is 16.0. The normalized spacial score (nSPS) is 11.7. The van der Waals surface area contributed by atoms with E-state index in [0.717, 1.165) is 17.0 Å². The van der Waals surface area contributed by atoms with E-state index in [2.05, 4.69) is 20.0 Å². The fourth-order valence-corrected chi connectivity index (χ4v) is 4.30. The lowest BCUT2D eigenvalue weighted by Gasteiger charge is -2.03. The van der Waals surface area contributed by atoms with Crippen LogP contribution in [0.1, 0.15) is 23.1 Å². The minimum Gasteiger partial charge on any atom is -0.312 e. The van der Waals surface area contributed by atoms with Crippen molar-refractivity contribution in [3.8, 4) is 0 Å². The number of sulfonamides is 1. The molecule has 0 aromatic carbocycles. The average molecular weight is 326 g/mol. The van der Waals surface area contributed by atoms with Crippen molar-refractivity contribution >= 4 is 21.4 Å². The maximum Gasteiger partial charge on any atom is 0.250 e. The number of hydrogen-bond acceptors (Lipinski definition) is 6. The molecular weight excluding hydrogens is 308 g/mol. The Morgan fingerprint density at radius 2 is 2.14 bits per heavy atom. The van der Waals surface area contributed by atoms with Crippen LogP contribution in [0.15, 0.2) is 28.9 Å². The van der Waals surface area contributed by atoms with Crippen LogP contribution < -0.4 is 10.0 Å². The molecule has 2 aromatic rings. The van der Waals surface area contributed by atoms with E-state index >= 15 is 0 Å². The highest BCUT2D eigenvalue weighted by Gasteiger charge is 2.18. The molecule has 0 radical (unpaired) electrons. The molecule has 0 unspecified atom stereocenters. The van der Waals surface area contributed by atoms with Gasteiger partial charge in [-0.3, -0.25) is 0 Å². The quantitative estimate of drug-likeness (QED) is 0.804. The van der Waals surface area contributed by atoms with E-state index in [4.69, 9.17) is 0 Å². The van der Waals surface area contributed by atoms with E-state index < -0.39 is 10.0 Å². The molecule has 0 saturated heterocycles. The van der Waals surface area contributed by atoms with Crippen LogP contribution in [0.25, 0.3) is 0 Å². The fraction of sp³-hybridized carbons (Fsp3) is 0.385. The number of nitrogens with zero attached hydrogens (tertiary/aromatic N) is 2. The third-order valence-corrected chi connectivity index (χ3v) is 6.00. The maximum absolute atomic E-state index is 12.3. The SMILES string of the molecule is CCNCc1sc(S(=O)(=O)NCc2ccncn2)cc1C. The van der Waals surface area contributed by atoms with Crippen molar-refractivity contribution < 1.29 is 8.42 Å². The van der Waals surface area contributed by atoms with Crippen molar-refractivity contribution in [2.45, 2.75) is 31.1 Å². The molecule has 0 fully saturated rings. The summed E-state index contributed by atoms with van der Waals surface area (Å²) in [4.78, 5) is 8.83. The molecule has 2 heterocycles.